The van der Waals surface area contributed by atoms with Gasteiger partial charge in [-0.3, -0.25) is 4.79 Å². The Morgan fingerprint density at radius 2 is 1.96 bits per heavy atom. The molecule has 0 aromatic heterocycles. The topological polar surface area (TPSA) is 114 Å². The maximum Gasteiger partial charge on any atom is 0.338 e. The third-order valence-electron chi connectivity index (χ3n) is 3.39. The third-order valence-corrected chi connectivity index (χ3v) is 3.39. The van der Waals surface area contributed by atoms with Gasteiger partial charge in [-0.15, -0.1) is 0 Å². The molecule has 0 aliphatic carbocycles. The normalized spacial score (nSPS) is 13.3. The summed E-state index contributed by atoms with van der Waals surface area (Å²) >= 11 is 0. The van der Waals surface area contributed by atoms with E-state index in [0.29, 0.717) is 11.3 Å². The molecule has 0 aliphatic rings. The Morgan fingerprint density at radius 1 is 1.35 bits per heavy atom. The third kappa shape index (κ3) is 6.07. The Bertz CT molecular complexity index is 570. The number of esters is 1. The highest BCUT2D eigenvalue weighted by molar-refractivity contribution is 5.94. The van der Waals surface area contributed by atoms with Crippen LogP contribution in [0.1, 0.15) is 37.6 Å². The molecule has 1 unspecified atom stereocenters. The zero-order chi connectivity index (χ0) is 17.5. The van der Waals surface area contributed by atoms with Gasteiger partial charge in [0.05, 0.1) is 16.8 Å². The molecule has 0 saturated heterocycles. The quantitative estimate of drug-likeness (QED) is 0.303. The molecule has 0 spiro atoms. The van der Waals surface area contributed by atoms with E-state index in [4.69, 9.17) is 15.7 Å². The fourth-order valence-electron chi connectivity index (χ4n) is 1.75. The lowest BCUT2D eigenvalue weighted by Crippen LogP contribution is -2.50. The van der Waals surface area contributed by atoms with Gasteiger partial charge in [-0.2, -0.15) is 0 Å². The van der Waals surface area contributed by atoms with Crippen LogP contribution in [0.25, 0.3) is 0 Å². The van der Waals surface area contributed by atoms with Crippen molar-refractivity contribution in [1.82, 2.24) is 5.32 Å². The van der Waals surface area contributed by atoms with Gasteiger partial charge in [0.1, 0.15) is 6.61 Å². The summed E-state index contributed by atoms with van der Waals surface area (Å²) in [4.78, 5) is 23.7. The Labute approximate surface area is 135 Å². The number of amides is 1. The van der Waals surface area contributed by atoms with Gasteiger partial charge in [0.2, 0.25) is 5.91 Å². The standard InChI is InChI=1S/C16H23N3O4/c1-11(19-22)16(2,3)18-14(20)9-13(17)10-23-15(21)12-7-5-4-6-8-12/h4-8,13,22H,9-10,17H2,1-3H3,(H,18,20). The van der Waals surface area contributed by atoms with Crippen LogP contribution in [0.5, 0.6) is 0 Å². The van der Waals surface area contributed by atoms with Gasteiger partial charge in [0.25, 0.3) is 0 Å². The molecule has 1 atom stereocenters. The summed E-state index contributed by atoms with van der Waals surface area (Å²) in [6.07, 6.45) is -0.00971. The van der Waals surface area contributed by atoms with Crippen LogP contribution < -0.4 is 11.1 Å². The van der Waals surface area contributed by atoms with Crippen LogP contribution in [0.15, 0.2) is 35.5 Å². The van der Waals surface area contributed by atoms with Crippen LogP contribution in [0.4, 0.5) is 0 Å². The molecule has 1 aromatic carbocycles. The van der Waals surface area contributed by atoms with Crippen molar-refractivity contribution in [2.75, 3.05) is 6.61 Å². The fourth-order valence-corrected chi connectivity index (χ4v) is 1.75. The summed E-state index contributed by atoms with van der Waals surface area (Å²) < 4.78 is 5.08. The molecule has 1 aromatic rings. The van der Waals surface area contributed by atoms with Crippen LogP contribution in [-0.4, -0.2) is 41.0 Å². The second-order valence-corrected chi connectivity index (χ2v) is 5.79. The first-order valence-electron chi connectivity index (χ1n) is 7.24. The Morgan fingerprint density at radius 3 is 2.52 bits per heavy atom. The number of hydrogen-bond acceptors (Lipinski definition) is 6. The number of rotatable bonds is 7. The molecular weight excluding hydrogens is 298 g/mol. The molecular formula is C16H23N3O4. The SMILES string of the molecule is CC(=NO)C(C)(C)NC(=O)CC(N)COC(=O)c1ccccc1. The minimum absolute atomic E-state index is 0.00971. The summed E-state index contributed by atoms with van der Waals surface area (Å²) in [6.45, 7) is 4.96. The number of oxime groups is 1. The van der Waals surface area contributed by atoms with Crippen LogP contribution in [0.2, 0.25) is 0 Å². The van der Waals surface area contributed by atoms with Crippen molar-refractivity contribution in [1.29, 1.82) is 0 Å². The predicted molar refractivity (Wildman–Crippen MR) is 86.4 cm³/mol. The zero-order valence-electron chi connectivity index (χ0n) is 13.6. The van der Waals surface area contributed by atoms with Crippen molar-refractivity contribution < 1.29 is 19.5 Å². The van der Waals surface area contributed by atoms with E-state index >= 15 is 0 Å². The lowest BCUT2D eigenvalue weighted by molar-refractivity contribution is -0.122. The Hall–Kier alpha value is -2.41. The number of nitrogens with zero attached hydrogens (tertiary/aromatic N) is 1. The van der Waals surface area contributed by atoms with E-state index in [1.165, 1.54) is 0 Å². The van der Waals surface area contributed by atoms with Gasteiger partial charge in [0, 0.05) is 12.5 Å². The smallest absolute Gasteiger partial charge is 0.338 e. The van der Waals surface area contributed by atoms with Gasteiger partial charge in [0.15, 0.2) is 0 Å². The molecule has 0 bridgehead atoms. The molecule has 126 valence electrons. The number of nitrogens with one attached hydrogen (secondary N) is 1. The minimum atomic E-state index is -0.785. The first-order valence-corrected chi connectivity index (χ1v) is 7.24. The monoisotopic (exact) mass is 321 g/mol. The lowest BCUT2D eigenvalue weighted by Gasteiger charge is -2.25. The molecule has 23 heavy (non-hydrogen) atoms. The van der Waals surface area contributed by atoms with Crippen LogP contribution >= 0.6 is 0 Å². The number of nitrogens with two attached hydrogens (primary N) is 1. The van der Waals surface area contributed by atoms with Gasteiger partial charge in [-0.25, -0.2) is 4.79 Å². The van der Waals surface area contributed by atoms with E-state index in [2.05, 4.69) is 10.5 Å². The summed E-state index contributed by atoms with van der Waals surface area (Å²) in [6, 6.07) is 7.92. The van der Waals surface area contributed by atoms with E-state index in [0.717, 1.165) is 0 Å². The van der Waals surface area contributed by atoms with Gasteiger partial charge in [-0.1, -0.05) is 23.4 Å². The van der Waals surface area contributed by atoms with Gasteiger partial charge < -0.3 is 21.0 Å². The summed E-state index contributed by atoms with van der Waals surface area (Å²) in [7, 11) is 0. The van der Waals surface area contributed by atoms with E-state index in [9.17, 15) is 9.59 Å². The molecule has 0 heterocycles. The van der Waals surface area contributed by atoms with Crippen LogP contribution in [0.3, 0.4) is 0 Å². The van der Waals surface area contributed by atoms with Crippen molar-refractivity contribution in [2.45, 2.75) is 38.8 Å². The molecule has 0 saturated carbocycles. The van der Waals surface area contributed by atoms with Crippen LogP contribution in [0, 0.1) is 0 Å². The number of carbonyl (C=O) groups is 2. The molecule has 1 amide bonds. The van der Waals surface area contributed by atoms with Crippen molar-refractivity contribution >= 4 is 17.6 Å². The highest BCUT2D eigenvalue weighted by atomic mass is 16.5. The average molecular weight is 321 g/mol. The number of hydrogen-bond donors (Lipinski definition) is 3. The largest absolute Gasteiger partial charge is 0.460 e. The second-order valence-electron chi connectivity index (χ2n) is 5.79. The van der Waals surface area contributed by atoms with Crippen molar-refractivity contribution in [3.63, 3.8) is 0 Å². The van der Waals surface area contributed by atoms with Gasteiger partial charge in [-0.05, 0) is 32.9 Å². The van der Waals surface area contributed by atoms with Crippen molar-refractivity contribution in [3.8, 4) is 0 Å². The van der Waals surface area contributed by atoms with E-state index in [1.54, 1.807) is 51.1 Å². The number of benzene rings is 1. The fraction of sp³-hybridized carbons (Fsp3) is 0.438. The molecule has 0 fully saturated rings. The summed E-state index contributed by atoms with van der Waals surface area (Å²) in [5.41, 5.74) is 5.83. The maximum atomic E-state index is 11.9. The summed E-state index contributed by atoms with van der Waals surface area (Å²) in [5, 5.41) is 14.6. The van der Waals surface area contributed by atoms with Crippen molar-refractivity contribution in [2.24, 2.45) is 10.9 Å². The number of ether oxygens (including phenoxy) is 1. The molecule has 0 radical (unpaired) electrons. The number of carbonyl (C=O) groups excluding carboxylic acids is 2. The first-order chi connectivity index (χ1) is 10.8. The minimum Gasteiger partial charge on any atom is -0.460 e. The predicted octanol–water partition coefficient (Wildman–Crippen LogP) is 1.31. The Kier molecular flexibility index (Phi) is 6.71. The molecule has 4 N–H and O–H groups in total. The lowest BCUT2D eigenvalue weighted by atomic mass is 9.99. The first kappa shape index (κ1) is 18.6. The van der Waals surface area contributed by atoms with Crippen LogP contribution in [-0.2, 0) is 9.53 Å². The van der Waals surface area contributed by atoms with Gasteiger partial charge >= 0.3 is 5.97 Å². The zero-order valence-corrected chi connectivity index (χ0v) is 13.6. The highest BCUT2D eigenvalue weighted by Crippen LogP contribution is 2.07. The van der Waals surface area contributed by atoms with E-state index in [1.807, 2.05) is 0 Å². The van der Waals surface area contributed by atoms with E-state index in [-0.39, 0.29) is 18.9 Å². The van der Waals surface area contributed by atoms with E-state index < -0.39 is 17.6 Å². The average Bonchev–Trinajstić information content (AvgIpc) is 2.51. The molecule has 1 rings (SSSR count). The molecule has 0 aliphatic heterocycles. The van der Waals surface area contributed by atoms with Crippen molar-refractivity contribution in [3.05, 3.63) is 35.9 Å². The second kappa shape index (κ2) is 8.28. The molecule has 7 nitrogen and oxygen atoms in total. The maximum absolute atomic E-state index is 11.9. The molecule has 7 heteroatoms. The highest BCUT2D eigenvalue weighted by Gasteiger charge is 2.25. The summed E-state index contributed by atoms with van der Waals surface area (Å²) in [5.74, 6) is -0.800. The Balaban J connectivity index is 2.43.